The highest BCUT2D eigenvalue weighted by Crippen LogP contribution is 2.22. The molecule has 1 aromatic carbocycles. The molecule has 0 radical (unpaired) electrons. The van der Waals surface area contributed by atoms with E-state index in [1.807, 2.05) is 36.4 Å². The average molecular weight is 343 g/mol. The normalized spacial score (nSPS) is 16.0. The van der Waals surface area contributed by atoms with E-state index in [1.54, 1.807) is 7.05 Å². The highest BCUT2D eigenvalue weighted by atomic mass is 16.5. The Morgan fingerprint density at radius 2 is 2.08 bits per heavy atom. The van der Waals surface area contributed by atoms with E-state index in [-0.39, 0.29) is 12.0 Å². The summed E-state index contributed by atoms with van der Waals surface area (Å²) in [4.78, 5) is 13.6. The van der Waals surface area contributed by atoms with Crippen molar-refractivity contribution in [2.45, 2.75) is 31.9 Å². The van der Waals surface area contributed by atoms with Crippen molar-refractivity contribution < 1.29 is 14.1 Å². The van der Waals surface area contributed by atoms with Gasteiger partial charge in [-0.25, -0.2) is 0 Å². The molecule has 25 heavy (non-hydrogen) atoms. The fourth-order valence-corrected chi connectivity index (χ4v) is 3.03. The Morgan fingerprint density at radius 1 is 1.32 bits per heavy atom. The third kappa shape index (κ3) is 5.14. The predicted molar refractivity (Wildman–Crippen MR) is 94.9 cm³/mol. The van der Waals surface area contributed by atoms with E-state index in [2.05, 4.69) is 15.4 Å². The third-order valence-corrected chi connectivity index (χ3v) is 4.50. The van der Waals surface area contributed by atoms with Gasteiger partial charge in [0.05, 0.1) is 18.4 Å². The summed E-state index contributed by atoms with van der Waals surface area (Å²) in [6.07, 6.45) is 2.64. The van der Waals surface area contributed by atoms with E-state index in [0.29, 0.717) is 13.0 Å². The summed E-state index contributed by atoms with van der Waals surface area (Å²) in [5, 5.41) is 6.80. The second kappa shape index (κ2) is 8.78. The molecule has 0 bridgehead atoms. The number of rotatable bonds is 7. The van der Waals surface area contributed by atoms with Crippen molar-refractivity contribution in [1.82, 2.24) is 15.4 Å². The Morgan fingerprint density at radius 3 is 2.80 bits per heavy atom. The summed E-state index contributed by atoms with van der Waals surface area (Å²) >= 11 is 0. The molecule has 1 aliphatic rings. The lowest BCUT2D eigenvalue weighted by Crippen LogP contribution is -2.37. The summed E-state index contributed by atoms with van der Waals surface area (Å²) in [5.74, 6) is 0.834. The minimum absolute atomic E-state index is 0.0256. The van der Waals surface area contributed by atoms with Crippen LogP contribution in [0.3, 0.4) is 0 Å². The third-order valence-electron chi connectivity index (χ3n) is 4.50. The molecule has 1 amide bonds. The van der Waals surface area contributed by atoms with Crippen LogP contribution in [0.2, 0.25) is 0 Å². The van der Waals surface area contributed by atoms with Gasteiger partial charge in [-0.3, -0.25) is 9.69 Å². The number of amides is 1. The number of nitrogens with zero attached hydrogens (tertiary/aromatic N) is 2. The van der Waals surface area contributed by atoms with Crippen molar-refractivity contribution in [2.24, 2.45) is 0 Å². The predicted octanol–water partition coefficient (Wildman–Crippen LogP) is 2.46. The number of ether oxygens (including phenoxy) is 1. The zero-order chi connectivity index (χ0) is 17.5. The summed E-state index contributed by atoms with van der Waals surface area (Å²) in [5.41, 5.74) is 2.00. The molecular formula is C19H25N3O3. The zero-order valence-electron chi connectivity index (χ0n) is 14.6. The van der Waals surface area contributed by atoms with Crippen molar-refractivity contribution in [3.63, 3.8) is 0 Å². The molecule has 1 saturated heterocycles. The minimum Gasteiger partial charge on any atom is -0.378 e. The summed E-state index contributed by atoms with van der Waals surface area (Å²) in [6.45, 7) is 3.23. The second-order valence-electron chi connectivity index (χ2n) is 6.32. The molecule has 6 nitrogen and oxygen atoms in total. The van der Waals surface area contributed by atoms with E-state index in [1.165, 1.54) is 0 Å². The molecule has 2 heterocycles. The molecule has 0 unspecified atom stereocenters. The van der Waals surface area contributed by atoms with Crippen LogP contribution in [0.25, 0.3) is 11.3 Å². The molecule has 0 spiro atoms. The molecule has 1 fully saturated rings. The number of benzene rings is 1. The average Bonchev–Trinajstić information content (AvgIpc) is 3.12. The second-order valence-corrected chi connectivity index (χ2v) is 6.32. The highest BCUT2D eigenvalue weighted by molar-refractivity contribution is 5.75. The van der Waals surface area contributed by atoms with Gasteiger partial charge in [0.1, 0.15) is 0 Å². The number of aromatic nitrogens is 1. The largest absolute Gasteiger partial charge is 0.378 e. The van der Waals surface area contributed by atoms with E-state index in [0.717, 1.165) is 49.5 Å². The first kappa shape index (κ1) is 17.6. The highest BCUT2D eigenvalue weighted by Gasteiger charge is 2.21. The number of nitrogens with one attached hydrogen (secondary N) is 1. The van der Waals surface area contributed by atoms with Crippen molar-refractivity contribution in [1.29, 1.82) is 0 Å². The number of hydrogen-bond donors (Lipinski definition) is 1. The summed E-state index contributed by atoms with van der Waals surface area (Å²) in [6, 6.07) is 12.0. The monoisotopic (exact) mass is 343 g/mol. The van der Waals surface area contributed by atoms with Crippen LogP contribution < -0.4 is 5.32 Å². The fraction of sp³-hybridized carbons (Fsp3) is 0.474. The zero-order valence-corrected chi connectivity index (χ0v) is 14.6. The van der Waals surface area contributed by atoms with Gasteiger partial charge in [-0.15, -0.1) is 0 Å². The molecule has 134 valence electrons. The van der Waals surface area contributed by atoms with Crippen LogP contribution in [-0.2, 0) is 16.1 Å². The van der Waals surface area contributed by atoms with Crippen LogP contribution in [0.15, 0.2) is 40.9 Å². The Balaban J connectivity index is 1.42. The van der Waals surface area contributed by atoms with E-state index < -0.39 is 0 Å². The van der Waals surface area contributed by atoms with Crippen molar-refractivity contribution in [3.8, 4) is 11.3 Å². The Kier molecular flexibility index (Phi) is 6.19. The maximum Gasteiger partial charge on any atom is 0.222 e. The summed E-state index contributed by atoms with van der Waals surface area (Å²) < 4.78 is 11.3. The van der Waals surface area contributed by atoms with Crippen LogP contribution in [-0.4, -0.2) is 48.8 Å². The van der Waals surface area contributed by atoms with Gasteiger partial charge in [0, 0.05) is 44.7 Å². The molecule has 0 atom stereocenters. The van der Waals surface area contributed by atoms with Gasteiger partial charge >= 0.3 is 0 Å². The van der Waals surface area contributed by atoms with Gasteiger partial charge in [0.2, 0.25) is 5.91 Å². The molecule has 1 N–H and O–H groups in total. The topological polar surface area (TPSA) is 67.6 Å². The SMILES string of the molecule is CNC(=O)CCOC1CCN(Cc2cc(-c3ccccc3)on2)CC1. The van der Waals surface area contributed by atoms with Gasteiger partial charge in [-0.1, -0.05) is 35.5 Å². The van der Waals surface area contributed by atoms with Gasteiger partial charge in [-0.05, 0) is 12.8 Å². The van der Waals surface area contributed by atoms with E-state index in [9.17, 15) is 4.79 Å². The molecule has 6 heteroatoms. The molecule has 2 aromatic rings. The first-order valence-corrected chi connectivity index (χ1v) is 8.80. The number of likely N-dealkylation sites (tertiary alicyclic amines) is 1. The van der Waals surface area contributed by atoms with Crippen molar-refractivity contribution in [2.75, 3.05) is 26.7 Å². The molecule has 0 saturated carbocycles. The lowest BCUT2D eigenvalue weighted by atomic mass is 10.1. The minimum atomic E-state index is 0.0256. The Labute approximate surface area is 148 Å². The maximum absolute atomic E-state index is 11.2. The summed E-state index contributed by atoms with van der Waals surface area (Å²) in [7, 11) is 1.65. The molecule has 1 aliphatic heterocycles. The fourth-order valence-electron chi connectivity index (χ4n) is 3.03. The molecule has 1 aromatic heterocycles. The van der Waals surface area contributed by atoms with Crippen LogP contribution in [0, 0.1) is 0 Å². The first-order chi connectivity index (χ1) is 12.2. The van der Waals surface area contributed by atoms with Gasteiger partial charge < -0.3 is 14.6 Å². The van der Waals surface area contributed by atoms with E-state index >= 15 is 0 Å². The van der Waals surface area contributed by atoms with Gasteiger partial charge in [0.25, 0.3) is 0 Å². The lowest BCUT2D eigenvalue weighted by molar-refractivity contribution is -0.122. The molecular weight excluding hydrogens is 318 g/mol. The molecule has 3 rings (SSSR count). The number of carbonyl (C=O) groups is 1. The van der Waals surface area contributed by atoms with Crippen LogP contribution in [0.5, 0.6) is 0 Å². The quantitative estimate of drug-likeness (QED) is 0.836. The van der Waals surface area contributed by atoms with Gasteiger partial charge in [-0.2, -0.15) is 0 Å². The first-order valence-electron chi connectivity index (χ1n) is 8.80. The lowest BCUT2D eigenvalue weighted by Gasteiger charge is -2.31. The van der Waals surface area contributed by atoms with Crippen LogP contribution in [0.1, 0.15) is 25.0 Å². The molecule has 0 aliphatic carbocycles. The van der Waals surface area contributed by atoms with Crippen molar-refractivity contribution >= 4 is 5.91 Å². The number of hydrogen-bond acceptors (Lipinski definition) is 5. The van der Waals surface area contributed by atoms with Crippen molar-refractivity contribution in [3.05, 3.63) is 42.1 Å². The number of piperidine rings is 1. The standard InChI is InChI=1S/C19H25N3O3/c1-20-19(23)9-12-24-17-7-10-22(11-8-17)14-16-13-18(25-21-16)15-5-3-2-4-6-15/h2-6,13,17H,7-12,14H2,1H3,(H,20,23). The van der Waals surface area contributed by atoms with Crippen LogP contribution >= 0.6 is 0 Å². The van der Waals surface area contributed by atoms with Gasteiger partial charge in [0.15, 0.2) is 5.76 Å². The van der Waals surface area contributed by atoms with E-state index in [4.69, 9.17) is 9.26 Å². The maximum atomic E-state index is 11.2. The Bertz CT molecular complexity index is 664. The smallest absolute Gasteiger partial charge is 0.222 e. The number of carbonyl (C=O) groups excluding carboxylic acids is 1. The Hall–Kier alpha value is -2.18. The van der Waals surface area contributed by atoms with Crippen LogP contribution in [0.4, 0.5) is 0 Å².